The van der Waals surface area contributed by atoms with Gasteiger partial charge in [0.25, 0.3) is 11.6 Å². The van der Waals surface area contributed by atoms with Crippen LogP contribution in [-0.4, -0.2) is 31.9 Å². The van der Waals surface area contributed by atoms with Crippen LogP contribution < -0.4 is 0 Å². The van der Waals surface area contributed by atoms with Gasteiger partial charge in [0.2, 0.25) is 5.17 Å². The van der Waals surface area contributed by atoms with E-state index in [-0.39, 0.29) is 17.1 Å². The predicted octanol–water partition coefficient (Wildman–Crippen LogP) is 4.10. The number of nitro benzene ring substituents is 1. The molecule has 2 aromatic rings. The molecule has 0 radical (unpaired) electrons. The summed E-state index contributed by atoms with van der Waals surface area (Å²) in [6.45, 7) is 0. The second-order valence-corrected chi connectivity index (χ2v) is 7.70. The maximum atomic E-state index is 12.4. The van der Waals surface area contributed by atoms with E-state index in [1.54, 1.807) is 4.90 Å². The fraction of sp³-hybridized carbons (Fsp3) is 0.0526. The number of fused-ring (bicyclic) bond motifs is 1. The third-order valence-corrected chi connectivity index (χ3v) is 5.95. The smallest absolute Gasteiger partial charge is 0.283 e. The van der Waals surface area contributed by atoms with Crippen LogP contribution in [0.1, 0.15) is 11.1 Å². The van der Waals surface area contributed by atoms with Gasteiger partial charge in [-0.15, -0.1) is 0 Å². The first-order chi connectivity index (χ1) is 14.0. The van der Waals surface area contributed by atoms with Crippen molar-refractivity contribution in [2.45, 2.75) is 5.75 Å². The molecule has 4 rings (SSSR count). The molecule has 8 nitrogen and oxygen atoms in total. The van der Waals surface area contributed by atoms with Crippen molar-refractivity contribution in [2.24, 2.45) is 9.39 Å². The molecule has 1 N–H and O–H groups in total. The van der Waals surface area contributed by atoms with E-state index in [1.165, 1.54) is 42.1 Å². The molecule has 0 saturated heterocycles. The molecule has 0 aromatic heterocycles. The number of aliphatic imine (C=N–C) groups is 1. The number of rotatable bonds is 4. The van der Waals surface area contributed by atoms with Gasteiger partial charge in [-0.25, -0.2) is 4.90 Å². The van der Waals surface area contributed by atoms with E-state index >= 15 is 0 Å². The van der Waals surface area contributed by atoms with Gasteiger partial charge < -0.3 is 0 Å². The van der Waals surface area contributed by atoms with Crippen molar-refractivity contribution in [3.63, 3.8) is 0 Å². The molecule has 10 heteroatoms. The Morgan fingerprint density at radius 1 is 1.17 bits per heavy atom. The van der Waals surface area contributed by atoms with E-state index in [0.717, 1.165) is 17.5 Å². The number of non-ortho nitro benzene ring substituents is 1. The zero-order chi connectivity index (χ0) is 20.4. The molecule has 144 valence electrons. The lowest BCUT2D eigenvalue weighted by Gasteiger charge is -2.24. The highest BCUT2D eigenvalue weighted by molar-refractivity contribution is 8.18. The molecular weight excluding hydrogens is 410 g/mol. The van der Waals surface area contributed by atoms with Crippen molar-refractivity contribution in [1.29, 1.82) is 5.41 Å². The predicted molar refractivity (Wildman–Crippen MR) is 116 cm³/mol. The minimum absolute atomic E-state index is 0.0114. The quantitative estimate of drug-likeness (QED) is 0.343. The van der Waals surface area contributed by atoms with Gasteiger partial charge in [-0.1, -0.05) is 42.1 Å². The average molecular weight is 423 g/mol. The Hall–Kier alpha value is -3.24. The van der Waals surface area contributed by atoms with Gasteiger partial charge in [-0.3, -0.25) is 20.3 Å². The molecule has 1 amide bonds. The number of hydrogen-bond donors (Lipinski definition) is 1. The van der Waals surface area contributed by atoms with Crippen molar-refractivity contribution in [1.82, 2.24) is 4.90 Å². The molecule has 2 aliphatic rings. The van der Waals surface area contributed by atoms with Crippen LogP contribution in [0.25, 0.3) is 6.08 Å². The number of hydrogen-bond acceptors (Lipinski definition) is 7. The molecule has 0 atom stereocenters. The Kier molecular flexibility index (Phi) is 5.28. The molecule has 0 fully saturated rings. The average Bonchev–Trinajstić information content (AvgIpc) is 3.13. The zero-order valence-corrected chi connectivity index (χ0v) is 16.4. The van der Waals surface area contributed by atoms with Crippen molar-refractivity contribution >= 4 is 57.6 Å². The van der Waals surface area contributed by atoms with Crippen LogP contribution in [-0.2, 0) is 10.5 Å². The minimum Gasteiger partial charge on any atom is -0.283 e. The highest BCUT2D eigenvalue weighted by atomic mass is 32.2. The SMILES string of the molecule is N=C1/C(=C\c2ccc([N+](=O)[O-])cc2)C(=O)N=C2SN=C(SCc3ccccc3)N12. The summed E-state index contributed by atoms with van der Waals surface area (Å²) < 4.78 is 4.35. The highest BCUT2D eigenvalue weighted by Gasteiger charge is 2.37. The second-order valence-electron chi connectivity index (χ2n) is 6.03. The lowest BCUT2D eigenvalue weighted by atomic mass is 10.1. The second kappa shape index (κ2) is 8.02. The van der Waals surface area contributed by atoms with Crippen LogP contribution in [0, 0.1) is 15.5 Å². The van der Waals surface area contributed by atoms with E-state index in [0.29, 0.717) is 21.7 Å². The Bertz CT molecular complexity index is 1090. The molecule has 2 aromatic carbocycles. The lowest BCUT2D eigenvalue weighted by molar-refractivity contribution is -0.384. The van der Waals surface area contributed by atoms with E-state index in [2.05, 4.69) is 9.39 Å². The number of carbonyl (C=O) groups excluding carboxylic acids is 1. The summed E-state index contributed by atoms with van der Waals surface area (Å²) in [5.74, 6) is 0.131. The van der Waals surface area contributed by atoms with Gasteiger partial charge in [0.1, 0.15) is 5.84 Å². The number of nitrogens with zero attached hydrogens (tertiary/aromatic N) is 4. The van der Waals surface area contributed by atoms with Gasteiger partial charge in [0, 0.05) is 17.9 Å². The summed E-state index contributed by atoms with van der Waals surface area (Å²) in [5, 5.41) is 20.3. The summed E-state index contributed by atoms with van der Waals surface area (Å²) in [5.41, 5.74) is 1.76. The van der Waals surface area contributed by atoms with E-state index < -0.39 is 10.8 Å². The number of nitrogens with one attached hydrogen (secondary N) is 1. The molecular formula is C19H13N5O3S2. The largest absolute Gasteiger partial charge is 0.283 e. The van der Waals surface area contributed by atoms with Gasteiger partial charge in [-0.05, 0) is 29.3 Å². The van der Waals surface area contributed by atoms with Crippen LogP contribution in [0.4, 0.5) is 5.69 Å². The Morgan fingerprint density at radius 3 is 2.59 bits per heavy atom. The third-order valence-electron chi connectivity index (χ3n) is 4.12. The fourth-order valence-corrected chi connectivity index (χ4v) is 4.48. The Morgan fingerprint density at radius 2 is 1.90 bits per heavy atom. The van der Waals surface area contributed by atoms with E-state index in [9.17, 15) is 14.9 Å². The Labute approximate surface area is 174 Å². The standard InChI is InChI=1S/C19H13N5O3S2/c20-16-15(10-12-6-8-14(9-7-12)24(26)27)17(25)21-18-23(16)19(22-29-18)28-11-13-4-2-1-3-5-13/h1-10,20H,11H2/b15-10+,20-16?. The van der Waals surface area contributed by atoms with Gasteiger partial charge in [0.05, 0.1) is 22.4 Å². The molecule has 0 spiro atoms. The van der Waals surface area contributed by atoms with Crippen molar-refractivity contribution in [3.8, 4) is 0 Å². The van der Waals surface area contributed by atoms with Crippen LogP contribution in [0.3, 0.4) is 0 Å². The number of thioether (sulfide) groups is 1. The van der Waals surface area contributed by atoms with Crippen LogP contribution in [0.2, 0.25) is 0 Å². The van der Waals surface area contributed by atoms with E-state index in [4.69, 9.17) is 5.41 Å². The van der Waals surface area contributed by atoms with Crippen molar-refractivity contribution < 1.29 is 9.72 Å². The van der Waals surface area contributed by atoms with Crippen LogP contribution >= 0.6 is 23.7 Å². The molecule has 0 aliphatic carbocycles. The molecule has 2 aliphatic heterocycles. The molecule has 0 saturated carbocycles. The monoisotopic (exact) mass is 423 g/mol. The topological polar surface area (TPSA) is 112 Å². The van der Waals surface area contributed by atoms with Gasteiger partial charge >= 0.3 is 0 Å². The molecule has 0 unspecified atom stereocenters. The van der Waals surface area contributed by atoms with Gasteiger partial charge in [0.15, 0.2) is 5.17 Å². The number of nitro groups is 1. The highest BCUT2D eigenvalue weighted by Crippen LogP contribution is 2.33. The summed E-state index contributed by atoms with van der Waals surface area (Å²) in [7, 11) is 0. The third kappa shape index (κ3) is 3.98. The maximum Gasteiger partial charge on any atom is 0.283 e. The lowest BCUT2D eigenvalue weighted by Crippen LogP contribution is -2.41. The van der Waals surface area contributed by atoms with E-state index in [1.807, 2.05) is 30.3 Å². The summed E-state index contributed by atoms with van der Waals surface area (Å²) in [4.78, 5) is 28.3. The van der Waals surface area contributed by atoms with Crippen molar-refractivity contribution in [3.05, 3.63) is 81.4 Å². The summed E-state index contributed by atoms with van der Waals surface area (Å²) >= 11 is 2.53. The summed E-state index contributed by atoms with van der Waals surface area (Å²) in [6, 6.07) is 15.7. The zero-order valence-electron chi connectivity index (χ0n) is 14.8. The number of carbonyl (C=O) groups is 1. The normalized spacial score (nSPS) is 17.2. The number of amides is 1. The number of benzene rings is 2. The molecule has 2 heterocycles. The van der Waals surface area contributed by atoms with Gasteiger partial charge in [-0.2, -0.15) is 9.39 Å². The molecule has 29 heavy (non-hydrogen) atoms. The first kappa shape index (κ1) is 19.1. The van der Waals surface area contributed by atoms with Crippen LogP contribution in [0.5, 0.6) is 0 Å². The maximum absolute atomic E-state index is 12.4. The number of amidine groups is 3. The first-order valence-corrected chi connectivity index (χ1v) is 10.2. The molecule has 0 bridgehead atoms. The van der Waals surface area contributed by atoms with Crippen LogP contribution in [0.15, 0.2) is 69.6 Å². The minimum atomic E-state index is -0.531. The fourth-order valence-electron chi connectivity index (χ4n) is 2.68. The van der Waals surface area contributed by atoms with Crippen molar-refractivity contribution in [2.75, 3.05) is 0 Å². The Balaban J connectivity index is 1.56. The summed E-state index contributed by atoms with van der Waals surface area (Å²) in [6.07, 6.45) is 1.51. The first-order valence-electron chi connectivity index (χ1n) is 8.43.